The second-order valence-electron chi connectivity index (χ2n) is 8.56. The molecule has 1 aromatic rings. The number of nitrogens with two attached hydrogens (primary N) is 1. The largest absolute Gasteiger partial charge is 0.496 e. The Hall–Kier alpha value is -2.01. The highest BCUT2D eigenvalue weighted by molar-refractivity contribution is 5.81. The zero-order valence-corrected chi connectivity index (χ0v) is 15.2. The SMILES string of the molecule is COc1ccccc1C1=CCN(C2C3CC4CC2CC(C(N)=O)(C4)C3)O1. The second kappa shape index (κ2) is 5.74. The van der Waals surface area contributed by atoms with Crippen LogP contribution >= 0.6 is 0 Å². The summed E-state index contributed by atoms with van der Waals surface area (Å²) in [5.74, 6) is 3.32. The van der Waals surface area contributed by atoms with Crippen LogP contribution in [0, 0.1) is 23.2 Å². The van der Waals surface area contributed by atoms with Crippen molar-refractivity contribution in [2.75, 3.05) is 13.7 Å². The zero-order chi connectivity index (χ0) is 17.9. The topological polar surface area (TPSA) is 64.8 Å². The quantitative estimate of drug-likeness (QED) is 0.903. The Morgan fingerprint density at radius 1 is 1.23 bits per heavy atom. The van der Waals surface area contributed by atoms with Gasteiger partial charge in [-0.2, -0.15) is 0 Å². The van der Waals surface area contributed by atoms with Crippen LogP contribution in [0.1, 0.15) is 37.7 Å². The van der Waals surface area contributed by atoms with Crippen molar-refractivity contribution in [3.63, 3.8) is 0 Å². The average molecular weight is 354 g/mol. The monoisotopic (exact) mass is 354 g/mol. The van der Waals surface area contributed by atoms with E-state index in [2.05, 4.69) is 11.1 Å². The standard InChI is InChI=1S/C21H26N2O3/c1-25-17-5-3-2-4-16(17)18-6-7-23(26-18)19-14-8-13-9-15(19)12-21(10-13,11-14)20(22)24/h2-6,13-15,19H,7-12H2,1H3,(H2,22,24). The second-order valence-corrected chi connectivity index (χ2v) is 8.56. The maximum Gasteiger partial charge on any atom is 0.223 e. The average Bonchev–Trinajstić information content (AvgIpc) is 3.10. The van der Waals surface area contributed by atoms with Gasteiger partial charge in [0.1, 0.15) is 5.75 Å². The Kier molecular flexibility index (Phi) is 3.58. The Bertz CT molecular complexity index is 758. The first kappa shape index (κ1) is 16.2. The first-order chi connectivity index (χ1) is 12.6. The van der Waals surface area contributed by atoms with E-state index in [1.54, 1.807) is 7.11 Å². The fourth-order valence-corrected chi connectivity index (χ4v) is 6.33. The van der Waals surface area contributed by atoms with Gasteiger partial charge in [-0.25, -0.2) is 0 Å². The van der Waals surface area contributed by atoms with Gasteiger partial charge < -0.3 is 15.3 Å². The van der Waals surface area contributed by atoms with E-state index in [4.69, 9.17) is 15.3 Å². The van der Waals surface area contributed by atoms with Crippen molar-refractivity contribution in [3.8, 4) is 5.75 Å². The summed E-state index contributed by atoms with van der Waals surface area (Å²) in [5.41, 5.74) is 6.56. The molecule has 5 nitrogen and oxygen atoms in total. The normalized spacial score (nSPS) is 38.1. The van der Waals surface area contributed by atoms with Crippen LogP contribution in [0.4, 0.5) is 0 Å². The van der Waals surface area contributed by atoms with Crippen LogP contribution in [0.25, 0.3) is 5.76 Å². The number of benzene rings is 1. The molecule has 4 fully saturated rings. The maximum absolute atomic E-state index is 12.1. The summed E-state index contributed by atoms with van der Waals surface area (Å²) in [6.45, 7) is 0.791. The third-order valence-corrected chi connectivity index (χ3v) is 7.12. The van der Waals surface area contributed by atoms with Crippen LogP contribution in [-0.2, 0) is 9.63 Å². The van der Waals surface area contributed by atoms with Crippen LogP contribution in [0.5, 0.6) is 5.75 Å². The van der Waals surface area contributed by atoms with Gasteiger partial charge in [0.2, 0.25) is 5.91 Å². The lowest BCUT2D eigenvalue weighted by Crippen LogP contribution is -2.61. The molecule has 5 heteroatoms. The van der Waals surface area contributed by atoms with E-state index in [0.29, 0.717) is 23.8 Å². The number of primary amides is 1. The molecule has 1 aliphatic heterocycles. The highest BCUT2D eigenvalue weighted by Crippen LogP contribution is 2.61. The van der Waals surface area contributed by atoms with Crippen LogP contribution in [0.2, 0.25) is 0 Å². The van der Waals surface area contributed by atoms with E-state index < -0.39 is 0 Å². The zero-order valence-electron chi connectivity index (χ0n) is 15.2. The fourth-order valence-electron chi connectivity index (χ4n) is 6.33. The summed E-state index contributed by atoms with van der Waals surface area (Å²) >= 11 is 0. The summed E-state index contributed by atoms with van der Waals surface area (Å²) in [6, 6.07) is 8.36. The van der Waals surface area contributed by atoms with Crippen molar-refractivity contribution in [2.45, 2.75) is 38.1 Å². The smallest absolute Gasteiger partial charge is 0.223 e. The van der Waals surface area contributed by atoms with Gasteiger partial charge in [-0.05, 0) is 68.1 Å². The minimum atomic E-state index is -0.244. The summed E-state index contributed by atoms with van der Waals surface area (Å²) in [7, 11) is 1.69. The first-order valence-electron chi connectivity index (χ1n) is 9.68. The lowest BCUT2D eigenvalue weighted by molar-refractivity contribution is -0.197. The number of hydrogen-bond donors (Lipinski definition) is 1. The Balaban J connectivity index is 1.36. The van der Waals surface area contributed by atoms with Gasteiger partial charge in [0.05, 0.1) is 25.3 Å². The van der Waals surface area contributed by atoms with Crippen molar-refractivity contribution in [1.29, 1.82) is 0 Å². The molecule has 5 aliphatic rings. The van der Waals surface area contributed by atoms with Gasteiger partial charge >= 0.3 is 0 Å². The summed E-state index contributed by atoms with van der Waals surface area (Å²) in [5, 5.41) is 2.16. The predicted octanol–water partition coefficient (Wildman–Crippen LogP) is 2.96. The van der Waals surface area contributed by atoms with Gasteiger partial charge in [0.15, 0.2) is 5.76 Å². The lowest BCUT2D eigenvalue weighted by atomic mass is 9.47. The summed E-state index contributed by atoms with van der Waals surface area (Å²) in [4.78, 5) is 18.4. The number of para-hydroxylation sites is 1. The molecule has 138 valence electrons. The molecule has 0 saturated heterocycles. The van der Waals surface area contributed by atoms with E-state index in [-0.39, 0.29) is 11.3 Å². The molecule has 6 rings (SSSR count). The number of rotatable bonds is 4. The molecule has 2 atom stereocenters. The molecule has 0 radical (unpaired) electrons. The number of hydroxylamine groups is 2. The van der Waals surface area contributed by atoms with Crippen LogP contribution in [0.3, 0.4) is 0 Å². The van der Waals surface area contributed by atoms with Crippen molar-refractivity contribution >= 4 is 11.7 Å². The van der Waals surface area contributed by atoms with Gasteiger partial charge in [-0.15, -0.1) is 5.06 Å². The number of amides is 1. The third kappa shape index (κ3) is 2.29. The molecule has 26 heavy (non-hydrogen) atoms. The predicted molar refractivity (Wildman–Crippen MR) is 97.7 cm³/mol. The third-order valence-electron chi connectivity index (χ3n) is 7.12. The molecule has 1 aromatic carbocycles. The van der Waals surface area contributed by atoms with Gasteiger partial charge in [0.25, 0.3) is 0 Å². The fraction of sp³-hybridized carbons (Fsp3) is 0.571. The van der Waals surface area contributed by atoms with Gasteiger partial charge in [-0.1, -0.05) is 12.1 Å². The molecule has 1 heterocycles. The van der Waals surface area contributed by atoms with Crippen LogP contribution in [-0.4, -0.2) is 30.7 Å². The molecule has 4 saturated carbocycles. The molecular formula is C21H26N2O3. The lowest BCUT2D eigenvalue weighted by Gasteiger charge is -2.59. The van der Waals surface area contributed by atoms with Gasteiger partial charge in [-0.3, -0.25) is 4.79 Å². The highest BCUT2D eigenvalue weighted by Gasteiger charge is 2.59. The molecule has 0 spiro atoms. The summed E-state index contributed by atoms with van der Waals surface area (Å²) < 4.78 is 5.48. The van der Waals surface area contributed by atoms with E-state index in [1.807, 2.05) is 24.3 Å². The van der Waals surface area contributed by atoms with E-state index >= 15 is 0 Å². The molecule has 1 amide bonds. The highest BCUT2D eigenvalue weighted by atomic mass is 16.7. The van der Waals surface area contributed by atoms with Crippen molar-refractivity contribution in [3.05, 3.63) is 35.9 Å². The Morgan fingerprint density at radius 2 is 1.96 bits per heavy atom. The van der Waals surface area contributed by atoms with Crippen LogP contribution < -0.4 is 10.5 Å². The number of methoxy groups -OCH3 is 1. The molecular weight excluding hydrogens is 328 g/mol. The minimum Gasteiger partial charge on any atom is -0.496 e. The number of ether oxygens (including phenoxy) is 1. The Labute approximate surface area is 154 Å². The number of hydrogen-bond acceptors (Lipinski definition) is 4. The van der Waals surface area contributed by atoms with E-state index in [1.165, 1.54) is 12.8 Å². The molecule has 4 aliphatic carbocycles. The van der Waals surface area contributed by atoms with E-state index in [9.17, 15) is 4.79 Å². The molecule has 4 bridgehead atoms. The molecule has 2 N–H and O–H groups in total. The molecule has 2 unspecified atom stereocenters. The number of nitrogens with zero attached hydrogens (tertiary/aromatic N) is 1. The maximum atomic E-state index is 12.1. The molecule has 0 aromatic heterocycles. The van der Waals surface area contributed by atoms with Crippen LogP contribution in [0.15, 0.2) is 30.3 Å². The van der Waals surface area contributed by atoms with Gasteiger partial charge in [0, 0.05) is 5.41 Å². The summed E-state index contributed by atoms with van der Waals surface area (Å²) in [6.07, 6.45) is 7.44. The van der Waals surface area contributed by atoms with E-state index in [0.717, 1.165) is 42.9 Å². The van der Waals surface area contributed by atoms with Crippen molar-refractivity contribution in [2.24, 2.45) is 28.9 Å². The number of carbonyl (C=O) groups is 1. The van der Waals surface area contributed by atoms with Crippen molar-refractivity contribution < 1.29 is 14.4 Å². The minimum absolute atomic E-state index is 0.0782. The number of carbonyl (C=O) groups excluding carboxylic acids is 1. The van der Waals surface area contributed by atoms with Crippen molar-refractivity contribution in [1.82, 2.24) is 5.06 Å². The Morgan fingerprint density at radius 3 is 2.65 bits per heavy atom. The first-order valence-corrected chi connectivity index (χ1v) is 9.68.